The third kappa shape index (κ3) is 4.66. The Morgan fingerprint density at radius 3 is 2.50 bits per heavy atom. The molecule has 1 atom stereocenters. The van der Waals surface area contributed by atoms with Crippen LogP contribution in [0, 0.1) is 0 Å². The molecule has 0 aromatic carbocycles. The Balaban J connectivity index is 3.64. The molecule has 6 heteroatoms. The number of urea groups is 1. The van der Waals surface area contributed by atoms with E-state index in [1.54, 1.807) is 7.05 Å². The number of amides is 2. The van der Waals surface area contributed by atoms with Crippen LogP contribution in [0.4, 0.5) is 4.79 Å². The molecular formula is C8H16N2O4. The average Bonchev–Trinajstić information content (AvgIpc) is 2.15. The maximum Gasteiger partial charge on any atom is 0.332 e. The average molecular weight is 204 g/mol. The predicted octanol–water partition coefficient (Wildman–Crippen LogP) is -0.517. The highest BCUT2D eigenvalue weighted by Crippen LogP contribution is 1.90. The van der Waals surface area contributed by atoms with Crippen molar-refractivity contribution in [1.82, 2.24) is 10.2 Å². The van der Waals surface area contributed by atoms with Gasteiger partial charge in [-0.2, -0.15) is 0 Å². The molecule has 1 unspecified atom stereocenters. The van der Waals surface area contributed by atoms with Gasteiger partial charge in [-0.3, -0.25) is 0 Å². The van der Waals surface area contributed by atoms with Gasteiger partial charge in [-0.1, -0.05) is 0 Å². The second-order valence-corrected chi connectivity index (χ2v) is 2.89. The number of hydrogen-bond acceptors (Lipinski definition) is 3. The zero-order valence-corrected chi connectivity index (χ0v) is 8.36. The number of carboxylic acid groups (broad SMARTS) is 1. The molecule has 0 aliphatic rings. The van der Waals surface area contributed by atoms with Crippen molar-refractivity contribution in [3.05, 3.63) is 0 Å². The Morgan fingerprint density at radius 1 is 1.50 bits per heavy atom. The molecule has 0 bridgehead atoms. The molecule has 0 rings (SSSR count). The van der Waals surface area contributed by atoms with Gasteiger partial charge in [0, 0.05) is 26.6 Å². The van der Waals surface area contributed by atoms with Crippen LogP contribution in [0.3, 0.4) is 0 Å². The largest absolute Gasteiger partial charge is 0.479 e. The van der Waals surface area contributed by atoms with Crippen molar-refractivity contribution in [2.75, 3.05) is 20.1 Å². The summed E-state index contributed by atoms with van der Waals surface area (Å²) in [5, 5.41) is 19.7. The molecule has 2 amide bonds. The van der Waals surface area contributed by atoms with Gasteiger partial charge in [-0.25, -0.2) is 9.59 Å². The number of carbonyl (C=O) groups is 2. The van der Waals surface area contributed by atoms with Crippen LogP contribution < -0.4 is 5.32 Å². The molecule has 0 radical (unpaired) electrons. The molecule has 0 saturated carbocycles. The summed E-state index contributed by atoms with van der Waals surface area (Å²) in [7, 11) is 1.63. The summed E-state index contributed by atoms with van der Waals surface area (Å²) < 4.78 is 0. The predicted molar refractivity (Wildman–Crippen MR) is 50.0 cm³/mol. The molecule has 0 aromatic rings. The summed E-state index contributed by atoms with van der Waals surface area (Å²) >= 11 is 0. The van der Waals surface area contributed by atoms with Gasteiger partial charge in [0.1, 0.15) is 0 Å². The number of aliphatic hydroxyl groups is 1. The van der Waals surface area contributed by atoms with Crippen LogP contribution in [-0.4, -0.2) is 53.4 Å². The van der Waals surface area contributed by atoms with Gasteiger partial charge in [-0.05, 0) is 6.92 Å². The molecule has 0 fully saturated rings. The smallest absolute Gasteiger partial charge is 0.332 e. The first-order valence-electron chi connectivity index (χ1n) is 4.38. The van der Waals surface area contributed by atoms with Gasteiger partial charge in [0.25, 0.3) is 0 Å². The molecule has 0 saturated heterocycles. The van der Waals surface area contributed by atoms with E-state index in [-0.39, 0.29) is 19.0 Å². The van der Waals surface area contributed by atoms with Crippen LogP contribution in [0.15, 0.2) is 0 Å². The Labute approximate surface area is 82.5 Å². The maximum atomic E-state index is 11.1. The number of hydrogen-bond donors (Lipinski definition) is 3. The van der Waals surface area contributed by atoms with Crippen molar-refractivity contribution < 1.29 is 19.8 Å². The lowest BCUT2D eigenvalue weighted by molar-refractivity contribution is -0.146. The van der Waals surface area contributed by atoms with E-state index in [1.165, 1.54) is 4.90 Å². The van der Waals surface area contributed by atoms with Gasteiger partial charge in [0.2, 0.25) is 0 Å². The molecular weight excluding hydrogens is 188 g/mol. The fourth-order valence-electron chi connectivity index (χ4n) is 0.718. The molecule has 0 heterocycles. The number of nitrogens with zero attached hydrogens (tertiary/aromatic N) is 1. The number of aliphatic carboxylic acids is 1. The highest BCUT2D eigenvalue weighted by Gasteiger charge is 2.13. The van der Waals surface area contributed by atoms with Crippen molar-refractivity contribution in [3.63, 3.8) is 0 Å². The third-order valence-corrected chi connectivity index (χ3v) is 1.80. The fourth-order valence-corrected chi connectivity index (χ4v) is 0.718. The minimum absolute atomic E-state index is 0.0125. The number of carbonyl (C=O) groups excluding carboxylic acids is 1. The number of aliphatic hydroxyl groups excluding tert-OH is 1. The molecule has 0 aliphatic heterocycles. The number of rotatable bonds is 5. The molecule has 0 aliphatic carbocycles. The van der Waals surface area contributed by atoms with E-state index in [2.05, 4.69) is 5.32 Å². The fraction of sp³-hybridized carbons (Fsp3) is 0.750. The third-order valence-electron chi connectivity index (χ3n) is 1.80. The molecule has 14 heavy (non-hydrogen) atoms. The van der Waals surface area contributed by atoms with Crippen LogP contribution in [-0.2, 0) is 4.79 Å². The zero-order chi connectivity index (χ0) is 11.1. The van der Waals surface area contributed by atoms with E-state index in [0.29, 0.717) is 6.54 Å². The van der Waals surface area contributed by atoms with Crippen LogP contribution in [0.25, 0.3) is 0 Å². The summed E-state index contributed by atoms with van der Waals surface area (Å²) in [5.74, 6) is -1.27. The SMILES string of the molecule is CCN(C)C(=O)NCCC(O)C(=O)O. The lowest BCUT2D eigenvalue weighted by Gasteiger charge is -2.15. The first kappa shape index (κ1) is 12.7. The van der Waals surface area contributed by atoms with Crippen LogP contribution in [0.5, 0.6) is 0 Å². The zero-order valence-electron chi connectivity index (χ0n) is 8.36. The first-order chi connectivity index (χ1) is 6.49. The Morgan fingerprint density at radius 2 is 2.07 bits per heavy atom. The van der Waals surface area contributed by atoms with E-state index < -0.39 is 12.1 Å². The van der Waals surface area contributed by atoms with Gasteiger partial charge in [0.15, 0.2) is 6.10 Å². The summed E-state index contributed by atoms with van der Waals surface area (Å²) in [6, 6.07) is -0.273. The Kier molecular flexibility index (Phi) is 5.62. The maximum absolute atomic E-state index is 11.1. The summed E-state index contributed by atoms with van der Waals surface area (Å²) in [6.45, 7) is 2.55. The normalized spacial score (nSPS) is 11.9. The lowest BCUT2D eigenvalue weighted by atomic mass is 10.2. The van der Waals surface area contributed by atoms with Crippen molar-refractivity contribution in [2.24, 2.45) is 0 Å². The minimum atomic E-state index is -1.41. The summed E-state index contributed by atoms with van der Waals surface area (Å²) in [5.41, 5.74) is 0. The number of carboxylic acids is 1. The highest BCUT2D eigenvalue weighted by atomic mass is 16.4. The monoisotopic (exact) mass is 204 g/mol. The Bertz CT molecular complexity index is 208. The van der Waals surface area contributed by atoms with E-state index in [4.69, 9.17) is 10.2 Å². The van der Waals surface area contributed by atoms with Gasteiger partial charge in [-0.15, -0.1) is 0 Å². The summed E-state index contributed by atoms with van der Waals surface area (Å²) in [6.07, 6.45) is -1.40. The lowest BCUT2D eigenvalue weighted by Crippen LogP contribution is -2.38. The minimum Gasteiger partial charge on any atom is -0.479 e. The topological polar surface area (TPSA) is 89.9 Å². The van der Waals surface area contributed by atoms with Gasteiger partial charge in [0.05, 0.1) is 0 Å². The first-order valence-corrected chi connectivity index (χ1v) is 4.38. The van der Waals surface area contributed by atoms with E-state index >= 15 is 0 Å². The van der Waals surface area contributed by atoms with Gasteiger partial charge < -0.3 is 20.4 Å². The van der Waals surface area contributed by atoms with Crippen molar-refractivity contribution in [2.45, 2.75) is 19.4 Å². The van der Waals surface area contributed by atoms with Crippen LogP contribution >= 0.6 is 0 Å². The Hall–Kier alpha value is -1.30. The van der Waals surface area contributed by atoms with E-state index in [1.807, 2.05) is 6.92 Å². The molecule has 0 aromatic heterocycles. The standard InChI is InChI=1S/C8H16N2O4/c1-3-10(2)8(14)9-5-4-6(11)7(12)13/h6,11H,3-5H2,1-2H3,(H,9,14)(H,12,13). The van der Waals surface area contributed by atoms with E-state index in [0.717, 1.165) is 0 Å². The van der Waals surface area contributed by atoms with E-state index in [9.17, 15) is 9.59 Å². The van der Waals surface area contributed by atoms with Gasteiger partial charge >= 0.3 is 12.0 Å². The molecule has 82 valence electrons. The van der Waals surface area contributed by atoms with Crippen molar-refractivity contribution in [1.29, 1.82) is 0 Å². The van der Waals surface area contributed by atoms with Crippen molar-refractivity contribution in [3.8, 4) is 0 Å². The quantitative estimate of drug-likeness (QED) is 0.562. The van der Waals surface area contributed by atoms with Crippen molar-refractivity contribution >= 4 is 12.0 Å². The number of nitrogens with one attached hydrogen (secondary N) is 1. The summed E-state index contributed by atoms with van der Waals surface area (Å²) in [4.78, 5) is 22.8. The van der Waals surface area contributed by atoms with Crippen LogP contribution in [0.2, 0.25) is 0 Å². The molecule has 6 nitrogen and oxygen atoms in total. The second-order valence-electron chi connectivity index (χ2n) is 2.89. The molecule has 3 N–H and O–H groups in total. The highest BCUT2D eigenvalue weighted by molar-refractivity contribution is 5.74. The second kappa shape index (κ2) is 6.20. The van der Waals surface area contributed by atoms with Crippen LogP contribution in [0.1, 0.15) is 13.3 Å². The molecule has 0 spiro atoms.